The summed E-state index contributed by atoms with van der Waals surface area (Å²) in [5.74, 6) is -0.153. The summed E-state index contributed by atoms with van der Waals surface area (Å²) in [4.78, 5) is 75.2. The number of hydrogen-bond donors (Lipinski definition) is 2. The summed E-state index contributed by atoms with van der Waals surface area (Å²) in [5, 5.41) is 22.2. The van der Waals surface area contributed by atoms with Crippen LogP contribution in [0.3, 0.4) is 0 Å². The number of hydrogen-bond acceptors (Lipinski definition) is 14. The molecule has 20 nitrogen and oxygen atoms in total. The quantitative estimate of drug-likeness (QED) is 0.152. The minimum atomic E-state index is -0.660. The highest BCUT2D eigenvalue weighted by molar-refractivity contribution is 6.31. The molecule has 0 saturated carbocycles. The van der Waals surface area contributed by atoms with Crippen molar-refractivity contribution in [3.05, 3.63) is 223 Å². The fraction of sp³-hybridized carbons (Fsp3) is 0.281. The van der Waals surface area contributed by atoms with Gasteiger partial charge >= 0.3 is 11.5 Å². The van der Waals surface area contributed by atoms with Gasteiger partial charge in [0.15, 0.2) is 28.1 Å². The zero-order valence-electron chi connectivity index (χ0n) is 43.8. The Morgan fingerprint density at radius 2 is 1.09 bits per heavy atom. The predicted octanol–water partition coefficient (Wildman–Crippen LogP) is 8.70. The van der Waals surface area contributed by atoms with Crippen LogP contribution >= 0.6 is 46.4 Å². The molecule has 4 aliphatic carbocycles. The minimum absolute atomic E-state index is 0.0199. The van der Waals surface area contributed by atoms with Crippen molar-refractivity contribution in [2.75, 3.05) is 6.61 Å². The Morgan fingerprint density at radius 1 is 0.593 bits per heavy atom. The van der Waals surface area contributed by atoms with Crippen LogP contribution in [0.25, 0.3) is 27.9 Å². The van der Waals surface area contributed by atoms with Crippen molar-refractivity contribution in [3.63, 3.8) is 0 Å². The zero-order valence-corrected chi connectivity index (χ0v) is 46.8. The predicted molar refractivity (Wildman–Crippen MR) is 307 cm³/mol. The Hall–Kier alpha value is -8.01. The fourth-order valence-electron chi connectivity index (χ4n) is 10.4. The molecule has 4 aliphatic rings. The van der Waals surface area contributed by atoms with E-state index in [1.165, 1.54) is 78.1 Å². The van der Waals surface area contributed by atoms with Crippen molar-refractivity contribution < 1.29 is 18.7 Å². The molecule has 2 N–H and O–H groups in total. The second-order valence-electron chi connectivity index (χ2n) is 19.8. The number of allylic oxidation sites excluding steroid dienone is 1. The van der Waals surface area contributed by atoms with E-state index in [0.29, 0.717) is 41.2 Å². The first kappa shape index (κ1) is 56.3. The third-order valence-electron chi connectivity index (χ3n) is 14.5. The van der Waals surface area contributed by atoms with Crippen LogP contribution in [-0.2, 0) is 59.4 Å². The van der Waals surface area contributed by atoms with Gasteiger partial charge in [-0.15, -0.1) is 10.2 Å². The van der Waals surface area contributed by atoms with E-state index in [1.807, 2.05) is 60.7 Å². The van der Waals surface area contributed by atoms with E-state index in [0.717, 1.165) is 76.2 Å². The number of imidazole rings is 2. The number of H-pyrrole nitrogens is 1. The average Bonchev–Trinajstić information content (AvgIpc) is 4.37. The van der Waals surface area contributed by atoms with Crippen LogP contribution in [0.4, 0.5) is 0 Å². The lowest BCUT2D eigenvalue weighted by molar-refractivity contribution is 0.0994. The zero-order chi connectivity index (χ0) is 57.1. The number of aryl methyl sites for hydroxylation is 6. The highest BCUT2D eigenvalue weighted by Crippen LogP contribution is 2.36. The van der Waals surface area contributed by atoms with Gasteiger partial charge in [-0.05, 0) is 144 Å². The summed E-state index contributed by atoms with van der Waals surface area (Å²) in [7, 11) is 3.43. The maximum atomic E-state index is 12.6. The summed E-state index contributed by atoms with van der Waals surface area (Å²) in [5.41, 5.74) is 11.8. The number of nitrogens with one attached hydrogen (secondary N) is 1. The van der Waals surface area contributed by atoms with Crippen molar-refractivity contribution in [3.8, 4) is 0 Å². The molecule has 0 radical (unpaired) electrons. The maximum absolute atomic E-state index is 12.6. The third kappa shape index (κ3) is 12.6. The lowest BCUT2D eigenvalue weighted by Gasteiger charge is -2.10. The molecule has 416 valence electrons. The van der Waals surface area contributed by atoms with Crippen LogP contribution in [0.2, 0.25) is 20.1 Å². The SMILES string of the molecule is C=C1CCc2cc(Cl)ccc21.Cn1cnc2ncn(Cc3n[nH]c(=O)o3)c(=O)c21.Cn1cnc2ncn(Cc3nn(CC4CCc5cc(Cl)ccc54)c(=O)o3)c(=O)c21.O=C1CCc2cc(Cl)ccc21.OCC1CCc2cc(Cl)ccc21. The van der Waals surface area contributed by atoms with Gasteiger partial charge in [-0.3, -0.25) is 23.5 Å². The largest absolute Gasteiger partial charge is 0.437 e. The first-order chi connectivity index (χ1) is 39.0. The molecule has 0 aliphatic heterocycles. The van der Waals surface area contributed by atoms with Gasteiger partial charge < -0.3 is 23.1 Å². The minimum Gasteiger partial charge on any atom is -0.396 e. The molecule has 10 aromatic rings. The highest BCUT2D eigenvalue weighted by Gasteiger charge is 2.26. The number of aromatic nitrogens is 12. The monoisotopic (exact) mass is 1170 g/mol. The third-order valence-corrected chi connectivity index (χ3v) is 15.4. The van der Waals surface area contributed by atoms with Gasteiger partial charge in [-0.25, -0.2) is 34.6 Å². The number of rotatable bonds is 7. The number of benzene rings is 4. The van der Waals surface area contributed by atoms with Crippen LogP contribution in [0.15, 0.2) is 133 Å². The molecule has 0 amide bonds. The topological polar surface area (TPSA) is 250 Å². The van der Waals surface area contributed by atoms with E-state index < -0.39 is 11.5 Å². The molecule has 6 heterocycles. The van der Waals surface area contributed by atoms with Gasteiger partial charge in [-0.2, -0.15) is 4.68 Å². The first-order valence-corrected chi connectivity index (χ1v) is 27.3. The number of Topliss-reactive ketones (excluding diaryl/α,β-unsaturated/α-hetero) is 1. The summed E-state index contributed by atoms with van der Waals surface area (Å²) in [6.45, 7) is 4.72. The summed E-state index contributed by atoms with van der Waals surface area (Å²) >= 11 is 23.5. The van der Waals surface area contributed by atoms with Crippen LogP contribution < -0.4 is 22.6 Å². The van der Waals surface area contributed by atoms with E-state index in [-0.39, 0.29) is 54.3 Å². The van der Waals surface area contributed by atoms with E-state index >= 15 is 0 Å². The van der Waals surface area contributed by atoms with E-state index in [2.05, 4.69) is 47.9 Å². The molecule has 0 spiro atoms. The van der Waals surface area contributed by atoms with Crippen molar-refractivity contribution in [2.24, 2.45) is 14.1 Å². The van der Waals surface area contributed by atoms with Gasteiger partial charge in [-0.1, -0.05) is 71.2 Å². The Bertz CT molecular complexity index is 4200. The number of ketones is 1. The molecule has 0 saturated heterocycles. The Balaban J connectivity index is 0.000000121. The normalized spacial score (nSPS) is 15.4. The number of aliphatic hydroxyl groups is 1. The lowest BCUT2D eigenvalue weighted by Crippen LogP contribution is -2.23. The Morgan fingerprint density at radius 3 is 1.65 bits per heavy atom. The van der Waals surface area contributed by atoms with Crippen molar-refractivity contribution >= 4 is 80.1 Å². The molecule has 6 aromatic heterocycles. The molecule has 4 aromatic carbocycles. The summed E-state index contributed by atoms with van der Waals surface area (Å²) < 4.78 is 17.2. The van der Waals surface area contributed by atoms with E-state index in [9.17, 15) is 24.0 Å². The van der Waals surface area contributed by atoms with Gasteiger partial charge in [0, 0.05) is 64.6 Å². The van der Waals surface area contributed by atoms with E-state index in [4.69, 9.17) is 60.3 Å². The molecule has 0 fully saturated rings. The number of halogens is 4. The van der Waals surface area contributed by atoms with Gasteiger partial charge in [0.1, 0.15) is 25.7 Å². The second-order valence-corrected chi connectivity index (χ2v) is 21.6. The number of carbonyl (C=O) groups excluding carboxylic acids is 1. The standard InChI is InChI=1S/C19H17ClN6O3.C10H11ClO.C10H9Cl.C9H7ClO.C9H8N6O3/c1-24-9-21-17-16(24)18(27)25(10-22-17)8-15-23-26(19(28)29-15)7-12-3-2-11-6-13(20)4-5-14(11)12;11-9-3-4-10-7(5-9)1-2-8(10)6-12;1-7-2-3-8-6-9(11)4-5-10(7)8;10-7-2-3-8-6(5-7)1-4-9(8)11;1-14-3-10-7-6(14)8(16)15(4-11-7)2-5-12-13-9(17)18-5/h4-6,9-10,12H,2-3,7-8H2,1H3;3-5,8,12H,1-2,6H2;4-6H,1-3H2;2-3,5H,1,4H2;3-4H,2H2,1H3,(H,13,17). The number of aliphatic hydroxyl groups excluding tert-OH is 1. The summed E-state index contributed by atoms with van der Waals surface area (Å²) in [6.07, 6.45) is 13.4. The molecule has 2 atom stereocenters. The molecule has 14 rings (SSSR count). The highest BCUT2D eigenvalue weighted by atomic mass is 35.5. The van der Waals surface area contributed by atoms with Crippen LogP contribution in [-0.4, -0.2) is 75.7 Å². The Kier molecular flexibility index (Phi) is 16.9. The fourth-order valence-corrected chi connectivity index (χ4v) is 11.2. The van der Waals surface area contributed by atoms with E-state index in [1.54, 1.807) is 29.3 Å². The molecule has 0 bridgehead atoms. The van der Waals surface area contributed by atoms with Crippen LogP contribution in [0, 0.1) is 0 Å². The summed E-state index contributed by atoms with van der Waals surface area (Å²) in [6, 6.07) is 23.3. The first-order valence-electron chi connectivity index (χ1n) is 25.8. The number of aromatic amines is 1. The Labute approximate surface area is 480 Å². The molecule has 81 heavy (non-hydrogen) atoms. The molecular formula is C57H52Cl4N12O8. The smallest absolute Gasteiger partial charge is 0.396 e. The molecule has 24 heteroatoms. The lowest BCUT2D eigenvalue weighted by atomic mass is 10.0. The van der Waals surface area contributed by atoms with Gasteiger partial charge in [0.2, 0.25) is 11.8 Å². The average molecular weight is 1170 g/mol. The van der Waals surface area contributed by atoms with Crippen LogP contribution in [0.1, 0.15) is 98.6 Å². The van der Waals surface area contributed by atoms with Gasteiger partial charge in [0.05, 0.1) is 19.2 Å². The molecular weight excluding hydrogens is 1120 g/mol. The number of carbonyl (C=O) groups is 1. The van der Waals surface area contributed by atoms with Crippen LogP contribution in [0.5, 0.6) is 0 Å². The van der Waals surface area contributed by atoms with Gasteiger partial charge in [0.25, 0.3) is 11.1 Å². The number of nitrogens with zero attached hydrogens (tertiary/aromatic N) is 11. The van der Waals surface area contributed by atoms with Crippen molar-refractivity contribution in [1.29, 1.82) is 0 Å². The van der Waals surface area contributed by atoms with Crippen molar-refractivity contribution in [1.82, 2.24) is 58.2 Å². The van der Waals surface area contributed by atoms with Crippen molar-refractivity contribution in [2.45, 2.75) is 82.8 Å². The second kappa shape index (κ2) is 24.4. The number of fused-ring (bicyclic) bond motifs is 6. The molecule has 2 unspecified atom stereocenters. The maximum Gasteiger partial charge on any atom is 0.437 e.